The first-order chi connectivity index (χ1) is 22.4. The van der Waals surface area contributed by atoms with E-state index in [1.54, 1.807) is 0 Å². The Labute approximate surface area is 312 Å². The molecular formula is C45H96N4. The molecule has 49 heavy (non-hydrogen) atoms. The average Bonchev–Trinajstić information content (AvgIpc) is 3.41. The van der Waals surface area contributed by atoms with Crippen molar-refractivity contribution >= 4 is 0 Å². The predicted octanol–water partition coefficient (Wildman–Crippen LogP) is 11.7. The normalized spacial score (nSPS) is 25.3. The number of piperidine rings is 2. The summed E-state index contributed by atoms with van der Waals surface area (Å²) < 4.78 is 0. The van der Waals surface area contributed by atoms with Gasteiger partial charge in [0.25, 0.3) is 0 Å². The van der Waals surface area contributed by atoms with Crippen LogP contribution in [-0.4, -0.2) is 96.1 Å². The molecule has 4 heteroatoms. The zero-order chi connectivity index (χ0) is 36.6. The quantitative estimate of drug-likeness (QED) is 0.251. The van der Waals surface area contributed by atoms with Gasteiger partial charge in [0.1, 0.15) is 0 Å². The van der Waals surface area contributed by atoms with Crippen molar-refractivity contribution in [3.63, 3.8) is 0 Å². The predicted molar refractivity (Wildman–Crippen MR) is 224 cm³/mol. The topological polar surface area (TPSA) is 13.0 Å². The van der Waals surface area contributed by atoms with Gasteiger partial charge in [0, 0.05) is 37.3 Å². The highest BCUT2D eigenvalue weighted by molar-refractivity contribution is 4.80. The number of hydrogen-bond donors (Lipinski definition) is 0. The van der Waals surface area contributed by atoms with Crippen LogP contribution in [0.1, 0.15) is 170 Å². The van der Waals surface area contributed by atoms with E-state index in [-0.39, 0.29) is 7.43 Å². The second-order valence-electron chi connectivity index (χ2n) is 18.9. The summed E-state index contributed by atoms with van der Waals surface area (Å²) in [4.78, 5) is 10.4. The minimum atomic E-state index is 0. The Kier molecular flexibility index (Phi) is 25.7. The molecule has 4 fully saturated rings. The van der Waals surface area contributed by atoms with Crippen molar-refractivity contribution in [1.82, 2.24) is 19.6 Å². The first-order valence-corrected chi connectivity index (χ1v) is 21.4. The number of rotatable bonds is 8. The number of likely N-dealkylation sites (tertiary alicyclic amines) is 4. The lowest BCUT2D eigenvalue weighted by Crippen LogP contribution is -2.41. The Morgan fingerprint density at radius 3 is 0.878 bits per heavy atom. The third-order valence-corrected chi connectivity index (χ3v) is 12.8. The van der Waals surface area contributed by atoms with Gasteiger partial charge in [-0.1, -0.05) is 62.8 Å². The van der Waals surface area contributed by atoms with Crippen LogP contribution in [0.4, 0.5) is 0 Å². The smallest absolute Gasteiger partial charge is 0.00387 e. The van der Waals surface area contributed by atoms with Crippen LogP contribution in [0.25, 0.3) is 0 Å². The minimum Gasteiger partial charge on any atom is -0.301 e. The summed E-state index contributed by atoms with van der Waals surface area (Å²) in [5.74, 6) is 7.37. The van der Waals surface area contributed by atoms with Crippen LogP contribution in [0.3, 0.4) is 0 Å². The fraction of sp³-hybridized carbons (Fsp3) is 1.00. The molecule has 0 aromatic heterocycles. The number of hydrogen-bond acceptors (Lipinski definition) is 4. The van der Waals surface area contributed by atoms with E-state index in [0.29, 0.717) is 0 Å². The SMILES string of the molecule is C.CC(C)C1CCCN(C(C)C)C1.CC(C)C1CCCN(C(C)C)CC1.CC(C)C1CCN(C(C)C)C1.CC(C)C1CCN(C(C)C)CC1. The fourth-order valence-electron chi connectivity index (χ4n) is 8.31. The molecule has 4 nitrogen and oxygen atoms in total. The van der Waals surface area contributed by atoms with Gasteiger partial charge < -0.3 is 19.6 Å². The third-order valence-electron chi connectivity index (χ3n) is 12.8. The van der Waals surface area contributed by atoms with Gasteiger partial charge in [-0.2, -0.15) is 0 Å². The van der Waals surface area contributed by atoms with E-state index >= 15 is 0 Å². The molecule has 0 N–H and O–H groups in total. The van der Waals surface area contributed by atoms with Crippen LogP contribution in [0.5, 0.6) is 0 Å². The monoisotopic (exact) mass is 693 g/mol. The van der Waals surface area contributed by atoms with E-state index in [2.05, 4.69) is 130 Å². The van der Waals surface area contributed by atoms with Crippen molar-refractivity contribution in [2.75, 3.05) is 52.4 Å². The molecule has 0 aliphatic carbocycles. The maximum absolute atomic E-state index is 2.63. The molecule has 4 heterocycles. The van der Waals surface area contributed by atoms with Gasteiger partial charge in [-0.25, -0.2) is 0 Å². The van der Waals surface area contributed by atoms with Gasteiger partial charge in [-0.05, 0) is 193 Å². The molecule has 4 saturated heterocycles. The van der Waals surface area contributed by atoms with Crippen molar-refractivity contribution in [1.29, 1.82) is 0 Å². The zero-order valence-corrected chi connectivity index (χ0v) is 36.0. The van der Waals surface area contributed by atoms with E-state index in [1.807, 2.05) is 0 Å². The van der Waals surface area contributed by atoms with Gasteiger partial charge in [0.15, 0.2) is 0 Å². The second kappa shape index (κ2) is 25.8. The first-order valence-electron chi connectivity index (χ1n) is 21.4. The molecule has 4 rings (SSSR count). The molecule has 4 aliphatic rings. The van der Waals surface area contributed by atoms with E-state index in [1.165, 1.54) is 104 Å². The first kappa shape index (κ1) is 48.8. The highest BCUT2D eigenvalue weighted by atomic mass is 15.2. The van der Waals surface area contributed by atoms with Crippen LogP contribution in [0.15, 0.2) is 0 Å². The summed E-state index contributed by atoms with van der Waals surface area (Å²) in [6.45, 7) is 47.9. The van der Waals surface area contributed by atoms with E-state index in [4.69, 9.17) is 0 Å². The van der Waals surface area contributed by atoms with E-state index in [9.17, 15) is 0 Å². The Morgan fingerprint density at radius 2 is 0.551 bits per heavy atom. The highest BCUT2D eigenvalue weighted by Gasteiger charge is 2.26. The number of nitrogens with zero attached hydrogens (tertiary/aromatic N) is 4. The molecule has 0 spiro atoms. The van der Waals surface area contributed by atoms with Crippen molar-refractivity contribution in [3.05, 3.63) is 0 Å². The lowest BCUT2D eigenvalue weighted by molar-refractivity contribution is 0.117. The van der Waals surface area contributed by atoms with Crippen LogP contribution in [-0.2, 0) is 0 Å². The Hall–Kier alpha value is -0.160. The van der Waals surface area contributed by atoms with E-state index in [0.717, 1.165) is 71.5 Å². The van der Waals surface area contributed by atoms with Crippen molar-refractivity contribution in [2.45, 2.75) is 194 Å². The fourth-order valence-corrected chi connectivity index (χ4v) is 8.31. The molecule has 4 aliphatic heterocycles. The summed E-state index contributed by atoms with van der Waals surface area (Å²) in [6.07, 6.45) is 11.3. The maximum Gasteiger partial charge on any atom is 0.00387 e. The molecule has 0 saturated carbocycles. The van der Waals surface area contributed by atoms with Crippen LogP contribution >= 0.6 is 0 Å². The maximum atomic E-state index is 2.63. The summed E-state index contributed by atoms with van der Waals surface area (Å²) in [5, 5.41) is 0. The van der Waals surface area contributed by atoms with Crippen molar-refractivity contribution < 1.29 is 0 Å². The molecule has 296 valence electrons. The van der Waals surface area contributed by atoms with E-state index < -0.39 is 0 Å². The van der Waals surface area contributed by atoms with Gasteiger partial charge in [-0.15, -0.1) is 0 Å². The Bertz CT molecular complexity index is 704. The Morgan fingerprint density at radius 1 is 0.306 bits per heavy atom. The molecule has 0 aromatic carbocycles. The van der Waals surface area contributed by atoms with Gasteiger partial charge in [0.05, 0.1) is 0 Å². The van der Waals surface area contributed by atoms with Crippen LogP contribution < -0.4 is 0 Å². The summed E-state index contributed by atoms with van der Waals surface area (Å²) in [7, 11) is 0. The van der Waals surface area contributed by atoms with Gasteiger partial charge in [0.2, 0.25) is 0 Å². The van der Waals surface area contributed by atoms with Gasteiger partial charge in [-0.3, -0.25) is 0 Å². The molecular weight excluding hydrogens is 597 g/mol. The molecule has 3 atom stereocenters. The largest absolute Gasteiger partial charge is 0.301 e. The molecule has 3 unspecified atom stereocenters. The zero-order valence-electron chi connectivity index (χ0n) is 36.0. The molecule has 0 radical (unpaired) electrons. The summed E-state index contributed by atoms with van der Waals surface area (Å²) in [5.41, 5.74) is 0. The second-order valence-corrected chi connectivity index (χ2v) is 18.9. The highest BCUT2D eigenvalue weighted by Crippen LogP contribution is 2.27. The van der Waals surface area contributed by atoms with Crippen molar-refractivity contribution in [3.8, 4) is 0 Å². The standard InChI is InChI=1S/C12H25N.2C11H23N.C10H21N.CH4/c1-10(2)12-6-5-8-13(9-7-12)11(3)4;1-9(2)11-5-7-12(8-6-11)10(3)4;1-9(2)11-6-5-7-12(8-11)10(3)4;1-8(2)10-5-6-11(7-10)9(3)4;/h10-12H,5-9H2,1-4H3;2*9-11H,5-8H2,1-4H3;8-10H,5-7H2,1-4H3;1H4. The van der Waals surface area contributed by atoms with Gasteiger partial charge >= 0.3 is 0 Å². The molecule has 0 amide bonds. The average molecular weight is 693 g/mol. The lowest BCUT2D eigenvalue weighted by atomic mass is 9.86. The molecule has 0 bridgehead atoms. The Balaban J connectivity index is 0.000000624. The third kappa shape index (κ3) is 19.5. The van der Waals surface area contributed by atoms with Crippen LogP contribution in [0.2, 0.25) is 0 Å². The lowest BCUT2D eigenvalue weighted by Gasteiger charge is -2.37. The summed E-state index contributed by atoms with van der Waals surface area (Å²) >= 11 is 0. The van der Waals surface area contributed by atoms with Crippen LogP contribution in [0, 0.1) is 47.3 Å². The molecule has 0 aromatic rings. The summed E-state index contributed by atoms with van der Waals surface area (Å²) in [6, 6.07) is 2.98. The van der Waals surface area contributed by atoms with Crippen molar-refractivity contribution in [2.24, 2.45) is 47.3 Å². The minimum absolute atomic E-state index is 0.